The Balaban J connectivity index is 2.02. The summed E-state index contributed by atoms with van der Waals surface area (Å²) in [5, 5.41) is 0. The van der Waals surface area contributed by atoms with Crippen molar-refractivity contribution in [1.82, 2.24) is 4.90 Å². The Bertz CT molecular complexity index is 317. The normalized spacial score (nSPS) is 48.1. The van der Waals surface area contributed by atoms with E-state index in [0.717, 1.165) is 11.8 Å². The number of nitrogens with zero attached hydrogens (tertiary/aromatic N) is 1. The molecule has 3 rings (SSSR count). The van der Waals surface area contributed by atoms with Crippen molar-refractivity contribution < 1.29 is 4.79 Å². The number of carbonyl (C=O) groups excluding carboxylic acids is 1. The number of carbonyl (C=O) groups is 1. The Hall–Kier alpha value is -0.530. The first-order valence-electron chi connectivity index (χ1n) is 6.24. The average Bonchev–Trinajstić information content (AvgIpc) is 2.66. The molecule has 0 spiro atoms. The van der Waals surface area contributed by atoms with Crippen molar-refractivity contribution in [3.63, 3.8) is 0 Å². The molecule has 3 aliphatic rings. The molecule has 1 saturated heterocycles. The van der Waals surface area contributed by atoms with Gasteiger partial charge < -0.3 is 4.90 Å². The fraction of sp³-hybridized carbons (Fsp3) is 0.923. The fourth-order valence-electron chi connectivity index (χ4n) is 4.40. The van der Waals surface area contributed by atoms with Gasteiger partial charge in [-0.25, -0.2) is 0 Å². The summed E-state index contributed by atoms with van der Waals surface area (Å²) in [7, 11) is 0. The summed E-state index contributed by atoms with van der Waals surface area (Å²) in [6, 6.07) is 0.557. The van der Waals surface area contributed by atoms with Gasteiger partial charge in [-0.2, -0.15) is 0 Å². The highest BCUT2D eigenvalue weighted by molar-refractivity contribution is 5.84. The van der Waals surface area contributed by atoms with E-state index in [1.165, 1.54) is 12.8 Å². The van der Waals surface area contributed by atoms with E-state index >= 15 is 0 Å². The van der Waals surface area contributed by atoms with Gasteiger partial charge >= 0.3 is 0 Å². The molecular formula is C13H21NO. The van der Waals surface area contributed by atoms with E-state index in [2.05, 4.69) is 32.6 Å². The summed E-state index contributed by atoms with van der Waals surface area (Å²) in [5.41, 5.74) is 0.0161. The summed E-state index contributed by atoms with van der Waals surface area (Å²) < 4.78 is 0. The van der Waals surface area contributed by atoms with E-state index in [4.69, 9.17) is 0 Å². The minimum atomic E-state index is 0.0161. The Morgan fingerprint density at radius 1 is 1.27 bits per heavy atom. The third kappa shape index (κ3) is 1.03. The molecule has 0 radical (unpaired) electrons. The molecule has 0 aromatic heterocycles. The van der Waals surface area contributed by atoms with Crippen LogP contribution >= 0.6 is 0 Å². The second-order valence-corrected chi connectivity index (χ2v) is 6.73. The lowest BCUT2D eigenvalue weighted by atomic mass is 9.82. The molecule has 1 aliphatic heterocycles. The smallest absolute Gasteiger partial charge is 0.226 e. The number of amides is 1. The lowest BCUT2D eigenvalue weighted by Crippen LogP contribution is -2.49. The van der Waals surface area contributed by atoms with Gasteiger partial charge in [0.05, 0.1) is 0 Å². The van der Waals surface area contributed by atoms with Crippen LogP contribution in [0.3, 0.4) is 0 Å². The number of rotatable bonds is 0. The second-order valence-electron chi connectivity index (χ2n) is 6.73. The highest BCUT2D eigenvalue weighted by atomic mass is 16.2. The monoisotopic (exact) mass is 207 g/mol. The van der Waals surface area contributed by atoms with Gasteiger partial charge in [-0.3, -0.25) is 4.79 Å². The summed E-state index contributed by atoms with van der Waals surface area (Å²) in [4.78, 5) is 14.6. The van der Waals surface area contributed by atoms with Crippen LogP contribution in [0.2, 0.25) is 0 Å². The Morgan fingerprint density at radius 3 is 2.47 bits per heavy atom. The van der Waals surface area contributed by atoms with Crippen molar-refractivity contribution in [2.45, 2.75) is 52.1 Å². The van der Waals surface area contributed by atoms with Gasteiger partial charge in [-0.15, -0.1) is 0 Å². The maximum Gasteiger partial charge on any atom is 0.226 e. The van der Waals surface area contributed by atoms with Crippen LogP contribution in [0.15, 0.2) is 0 Å². The number of hydrogen-bond acceptors (Lipinski definition) is 1. The highest BCUT2D eigenvalue weighted by Gasteiger charge is 2.63. The standard InChI is InChI=1S/C13H21NO/c1-7-8-5-9-10(6-8)12(15)14(11(7)9)13(2,3)4/h7-11H,5-6H2,1-4H3. The zero-order valence-corrected chi connectivity index (χ0v) is 10.2. The SMILES string of the molecule is CC1C2CC3C(=O)N(C(C)(C)C)C1C3C2. The van der Waals surface area contributed by atoms with E-state index in [9.17, 15) is 4.79 Å². The molecule has 5 atom stereocenters. The molecule has 2 heteroatoms. The van der Waals surface area contributed by atoms with Crippen molar-refractivity contribution in [1.29, 1.82) is 0 Å². The maximum absolute atomic E-state index is 12.3. The third-order valence-electron chi connectivity index (χ3n) is 4.94. The van der Waals surface area contributed by atoms with Gasteiger partial charge in [-0.1, -0.05) is 6.92 Å². The molecule has 0 N–H and O–H groups in total. The molecule has 2 bridgehead atoms. The van der Waals surface area contributed by atoms with Crippen molar-refractivity contribution >= 4 is 5.91 Å². The Morgan fingerprint density at radius 2 is 1.93 bits per heavy atom. The van der Waals surface area contributed by atoms with Gasteiger partial charge in [-0.05, 0) is 51.4 Å². The minimum absolute atomic E-state index is 0.0161. The quantitative estimate of drug-likeness (QED) is 0.597. The fourth-order valence-corrected chi connectivity index (χ4v) is 4.40. The lowest BCUT2D eigenvalue weighted by molar-refractivity contribution is -0.136. The number of fused-ring (bicyclic) bond motifs is 1. The van der Waals surface area contributed by atoms with E-state index in [1.54, 1.807) is 0 Å². The molecule has 1 amide bonds. The Kier molecular flexibility index (Phi) is 1.67. The predicted octanol–water partition coefficient (Wildman–Crippen LogP) is 2.29. The topological polar surface area (TPSA) is 20.3 Å². The van der Waals surface area contributed by atoms with E-state index in [1.807, 2.05) is 0 Å². The molecule has 84 valence electrons. The molecular weight excluding hydrogens is 186 g/mol. The first-order valence-corrected chi connectivity index (χ1v) is 6.24. The van der Waals surface area contributed by atoms with Crippen LogP contribution in [-0.2, 0) is 4.79 Å². The van der Waals surface area contributed by atoms with E-state index in [0.29, 0.717) is 23.8 Å². The van der Waals surface area contributed by atoms with Crippen LogP contribution in [-0.4, -0.2) is 22.4 Å². The molecule has 1 heterocycles. The zero-order valence-electron chi connectivity index (χ0n) is 10.2. The van der Waals surface area contributed by atoms with Gasteiger partial charge in [0.2, 0.25) is 5.91 Å². The number of likely N-dealkylation sites (tertiary alicyclic amines) is 1. The summed E-state index contributed by atoms with van der Waals surface area (Å²) in [5.74, 6) is 3.09. The van der Waals surface area contributed by atoms with Gasteiger partial charge in [0.1, 0.15) is 0 Å². The summed E-state index contributed by atoms with van der Waals surface area (Å²) in [6.45, 7) is 8.88. The van der Waals surface area contributed by atoms with Crippen molar-refractivity contribution in [3.05, 3.63) is 0 Å². The molecule has 15 heavy (non-hydrogen) atoms. The first-order chi connectivity index (χ1) is 6.91. The molecule has 2 aliphatic carbocycles. The zero-order chi connectivity index (χ0) is 11.0. The molecule has 2 nitrogen and oxygen atoms in total. The Labute approximate surface area is 92.0 Å². The highest BCUT2D eigenvalue weighted by Crippen LogP contribution is 2.59. The third-order valence-corrected chi connectivity index (χ3v) is 4.94. The first kappa shape index (κ1) is 9.68. The molecule has 5 unspecified atom stereocenters. The average molecular weight is 207 g/mol. The van der Waals surface area contributed by atoms with Crippen molar-refractivity contribution in [3.8, 4) is 0 Å². The van der Waals surface area contributed by atoms with E-state index < -0.39 is 0 Å². The summed E-state index contributed by atoms with van der Waals surface area (Å²) >= 11 is 0. The summed E-state index contributed by atoms with van der Waals surface area (Å²) in [6.07, 6.45) is 2.49. The van der Waals surface area contributed by atoms with Crippen LogP contribution in [0.1, 0.15) is 40.5 Å². The van der Waals surface area contributed by atoms with Gasteiger partial charge in [0, 0.05) is 17.5 Å². The minimum Gasteiger partial charge on any atom is -0.334 e. The van der Waals surface area contributed by atoms with Gasteiger partial charge in [0.25, 0.3) is 0 Å². The van der Waals surface area contributed by atoms with Crippen LogP contribution in [0.25, 0.3) is 0 Å². The second kappa shape index (κ2) is 2.58. The van der Waals surface area contributed by atoms with Crippen LogP contribution in [0.4, 0.5) is 0 Å². The van der Waals surface area contributed by atoms with Crippen LogP contribution in [0, 0.1) is 23.7 Å². The lowest BCUT2D eigenvalue weighted by Gasteiger charge is -2.39. The predicted molar refractivity (Wildman–Crippen MR) is 59.3 cm³/mol. The maximum atomic E-state index is 12.3. The molecule has 2 saturated carbocycles. The van der Waals surface area contributed by atoms with Crippen LogP contribution in [0.5, 0.6) is 0 Å². The van der Waals surface area contributed by atoms with E-state index in [-0.39, 0.29) is 5.54 Å². The molecule has 0 aromatic carbocycles. The molecule has 3 fully saturated rings. The number of hydrogen-bond donors (Lipinski definition) is 0. The van der Waals surface area contributed by atoms with Crippen LogP contribution < -0.4 is 0 Å². The molecule has 0 aromatic rings. The van der Waals surface area contributed by atoms with Crippen molar-refractivity contribution in [2.24, 2.45) is 23.7 Å². The van der Waals surface area contributed by atoms with Crippen molar-refractivity contribution in [2.75, 3.05) is 0 Å². The van der Waals surface area contributed by atoms with Gasteiger partial charge in [0.15, 0.2) is 0 Å². The largest absolute Gasteiger partial charge is 0.334 e.